The van der Waals surface area contributed by atoms with E-state index in [1.807, 2.05) is 0 Å². The van der Waals surface area contributed by atoms with Gasteiger partial charge < -0.3 is 10.5 Å². The first-order chi connectivity index (χ1) is 5.18. The smallest absolute Gasteiger partial charge is 0.374 e. The van der Waals surface area contributed by atoms with E-state index in [1.165, 1.54) is 0 Å². The molecule has 0 aliphatic carbocycles. The SMILES string of the molecule is NC1COC(CO[P+](=O)O)C1. The van der Waals surface area contributed by atoms with Crippen molar-refractivity contribution in [2.45, 2.75) is 18.6 Å². The van der Waals surface area contributed by atoms with Gasteiger partial charge in [0.25, 0.3) is 0 Å². The molecule has 0 amide bonds. The Hall–Kier alpha value is -0.0600. The van der Waals surface area contributed by atoms with Gasteiger partial charge in [0.1, 0.15) is 6.61 Å². The molecule has 1 heterocycles. The maximum Gasteiger partial charge on any atom is 0.694 e. The van der Waals surface area contributed by atoms with Gasteiger partial charge >= 0.3 is 8.25 Å². The molecule has 64 valence electrons. The average molecular weight is 180 g/mol. The van der Waals surface area contributed by atoms with Crippen LogP contribution in [0.1, 0.15) is 6.42 Å². The van der Waals surface area contributed by atoms with Crippen LogP contribution in [0.25, 0.3) is 0 Å². The summed E-state index contributed by atoms with van der Waals surface area (Å²) >= 11 is 0. The van der Waals surface area contributed by atoms with Crippen LogP contribution in [0.4, 0.5) is 0 Å². The standard InChI is InChI=1S/C5H10NO4P/c6-4-1-5(9-2-4)3-10-11(7)8/h4-5H,1-3,6H2/p+1. The van der Waals surface area contributed by atoms with E-state index in [1.54, 1.807) is 0 Å². The Bertz CT molecular complexity index is 153. The van der Waals surface area contributed by atoms with Crippen LogP contribution in [0.5, 0.6) is 0 Å². The molecule has 1 rings (SSSR count). The van der Waals surface area contributed by atoms with Crippen molar-refractivity contribution in [3.05, 3.63) is 0 Å². The molecule has 0 bridgehead atoms. The highest BCUT2D eigenvalue weighted by Crippen LogP contribution is 2.19. The van der Waals surface area contributed by atoms with Crippen molar-refractivity contribution in [1.82, 2.24) is 0 Å². The average Bonchev–Trinajstić information content (AvgIpc) is 2.31. The molecule has 0 aromatic heterocycles. The Kier molecular flexibility index (Phi) is 3.36. The molecule has 0 radical (unpaired) electrons. The summed E-state index contributed by atoms with van der Waals surface area (Å²) in [7, 11) is -2.50. The van der Waals surface area contributed by atoms with E-state index < -0.39 is 8.25 Å². The first-order valence-electron chi connectivity index (χ1n) is 3.34. The second-order valence-corrected chi connectivity index (χ2v) is 3.22. The van der Waals surface area contributed by atoms with Crippen LogP contribution in [0, 0.1) is 0 Å². The van der Waals surface area contributed by atoms with Crippen molar-refractivity contribution in [1.29, 1.82) is 0 Å². The molecule has 1 aliphatic heterocycles. The van der Waals surface area contributed by atoms with Gasteiger partial charge in [-0.15, -0.1) is 9.42 Å². The zero-order valence-corrected chi connectivity index (χ0v) is 6.87. The third kappa shape index (κ3) is 3.22. The molecule has 3 N–H and O–H groups in total. The summed E-state index contributed by atoms with van der Waals surface area (Å²) in [6.45, 7) is 0.662. The predicted molar refractivity (Wildman–Crippen MR) is 38.1 cm³/mol. The van der Waals surface area contributed by atoms with E-state index in [0.29, 0.717) is 13.0 Å². The highest BCUT2D eigenvalue weighted by molar-refractivity contribution is 7.32. The summed E-state index contributed by atoms with van der Waals surface area (Å²) in [4.78, 5) is 8.28. The Labute approximate surface area is 65.4 Å². The molecule has 1 fully saturated rings. The van der Waals surface area contributed by atoms with Gasteiger partial charge in [-0.05, 0) is 6.42 Å². The number of rotatable bonds is 3. The molecule has 3 atom stereocenters. The largest absolute Gasteiger partial charge is 0.694 e. The predicted octanol–water partition coefficient (Wildman–Crippen LogP) is -0.231. The Morgan fingerprint density at radius 3 is 3.00 bits per heavy atom. The lowest BCUT2D eigenvalue weighted by atomic mass is 10.2. The second kappa shape index (κ2) is 4.09. The van der Waals surface area contributed by atoms with Gasteiger partial charge in [-0.1, -0.05) is 0 Å². The van der Waals surface area contributed by atoms with Crippen molar-refractivity contribution in [2.24, 2.45) is 5.73 Å². The quantitative estimate of drug-likeness (QED) is 0.586. The second-order valence-electron chi connectivity index (χ2n) is 2.48. The molecule has 1 saturated heterocycles. The summed E-state index contributed by atoms with van der Waals surface area (Å²) < 4.78 is 19.7. The number of hydrogen-bond acceptors (Lipinski definition) is 4. The maximum atomic E-state index is 10.1. The van der Waals surface area contributed by atoms with Crippen molar-refractivity contribution in [3.63, 3.8) is 0 Å². The third-order valence-corrected chi connectivity index (χ3v) is 1.85. The topological polar surface area (TPSA) is 81.8 Å². The normalized spacial score (nSPS) is 32.4. The summed E-state index contributed by atoms with van der Waals surface area (Å²) in [5.74, 6) is 0. The van der Waals surface area contributed by atoms with Gasteiger partial charge in [0.15, 0.2) is 0 Å². The molecular formula is C5H11NO4P+. The van der Waals surface area contributed by atoms with Crippen LogP contribution in [0.2, 0.25) is 0 Å². The Morgan fingerprint density at radius 1 is 1.82 bits per heavy atom. The van der Waals surface area contributed by atoms with E-state index in [4.69, 9.17) is 15.4 Å². The van der Waals surface area contributed by atoms with E-state index in [-0.39, 0.29) is 18.8 Å². The molecule has 0 aromatic rings. The minimum absolute atomic E-state index is 0.0418. The highest BCUT2D eigenvalue weighted by atomic mass is 31.1. The van der Waals surface area contributed by atoms with E-state index in [9.17, 15) is 4.57 Å². The lowest BCUT2D eigenvalue weighted by molar-refractivity contribution is 0.0659. The third-order valence-electron chi connectivity index (χ3n) is 1.48. The molecule has 5 nitrogen and oxygen atoms in total. The summed E-state index contributed by atoms with van der Waals surface area (Å²) in [5.41, 5.74) is 5.52. The fourth-order valence-electron chi connectivity index (χ4n) is 0.996. The maximum absolute atomic E-state index is 10.1. The van der Waals surface area contributed by atoms with E-state index in [0.717, 1.165) is 0 Å². The van der Waals surface area contributed by atoms with Crippen LogP contribution >= 0.6 is 8.25 Å². The van der Waals surface area contributed by atoms with Crippen molar-refractivity contribution < 1.29 is 18.7 Å². The number of ether oxygens (including phenoxy) is 1. The summed E-state index contributed by atoms with van der Waals surface area (Å²) in [5, 5.41) is 0. The zero-order chi connectivity index (χ0) is 8.27. The van der Waals surface area contributed by atoms with E-state index in [2.05, 4.69) is 4.52 Å². The van der Waals surface area contributed by atoms with Crippen molar-refractivity contribution >= 4 is 8.25 Å². The molecular weight excluding hydrogens is 169 g/mol. The lowest BCUT2D eigenvalue weighted by Gasteiger charge is -2.01. The highest BCUT2D eigenvalue weighted by Gasteiger charge is 2.26. The van der Waals surface area contributed by atoms with Crippen LogP contribution in [0.15, 0.2) is 0 Å². The Balaban J connectivity index is 2.13. The first-order valence-corrected chi connectivity index (χ1v) is 4.47. The van der Waals surface area contributed by atoms with Gasteiger partial charge in [0.2, 0.25) is 0 Å². The number of nitrogens with two attached hydrogens (primary N) is 1. The van der Waals surface area contributed by atoms with Crippen LogP contribution < -0.4 is 5.73 Å². The minimum Gasteiger partial charge on any atom is -0.374 e. The molecule has 11 heavy (non-hydrogen) atoms. The molecule has 0 spiro atoms. The fourth-order valence-corrected chi connectivity index (χ4v) is 1.29. The molecule has 3 unspecified atom stereocenters. The monoisotopic (exact) mass is 180 g/mol. The van der Waals surface area contributed by atoms with Gasteiger partial charge in [-0.25, -0.2) is 0 Å². The van der Waals surface area contributed by atoms with Crippen molar-refractivity contribution in [3.8, 4) is 0 Å². The molecule has 0 aromatic carbocycles. The first kappa shape index (κ1) is 9.03. The fraction of sp³-hybridized carbons (Fsp3) is 1.00. The molecule has 6 heteroatoms. The lowest BCUT2D eigenvalue weighted by Crippen LogP contribution is -2.20. The Morgan fingerprint density at radius 2 is 2.55 bits per heavy atom. The summed E-state index contributed by atoms with van der Waals surface area (Å²) in [6.07, 6.45) is 0.583. The zero-order valence-electron chi connectivity index (χ0n) is 5.97. The van der Waals surface area contributed by atoms with Gasteiger partial charge in [-0.3, -0.25) is 0 Å². The van der Waals surface area contributed by atoms with Gasteiger partial charge in [0.05, 0.1) is 12.7 Å². The molecule has 1 aliphatic rings. The van der Waals surface area contributed by atoms with E-state index >= 15 is 0 Å². The van der Waals surface area contributed by atoms with Crippen LogP contribution in [-0.4, -0.2) is 30.3 Å². The van der Waals surface area contributed by atoms with Gasteiger partial charge in [0, 0.05) is 10.6 Å². The molecule has 0 saturated carbocycles. The van der Waals surface area contributed by atoms with Gasteiger partial charge in [-0.2, -0.15) is 0 Å². The van der Waals surface area contributed by atoms with Crippen LogP contribution in [0.3, 0.4) is 0 Å². The van der Waals surface area contributed by atoms with Crippen LogP contribution in [-0.2, 0) is 13.8 Å². The number of hydrogen-bond donors (Lipinski definition) is 2. The minimum atomic E-state index is -2.50. The summed E-state index contributed by atoms with van der Waals surface area (Å²) in [6, 6.07) is 0.0418. The van der Waals surface area contributed by atoms with Crippen molar-refractivity contribution in [2.75, 3.05) is 13.2 Å².